The highest BCUT2D eigenvalue weighted by Crippen LogP contribution is 2.45. The molecule has 1 nitrogen and oxygen atoms in total. The zero-order valence-electron chi connectivity index (χ0n) is 11.9. The van der Waals surface area contributed by atoms with Crippen molar-refractivity contribution in [1.82, 2.24) is 0 Å². The lowest BCUT2D eigenvalue weighted by atomic mass is 9.63. The minimum atomic E-state index is -4.33. The summed E-state index contributed by atoms with van der Waals surface area (Å²) in [6.07, 6.45) is -0.500. The Morgan fingerprint density at radius 1 is 1.15 bits per heavy atom. The third-order valence-electron chi connectivity index (χ3n) is 4.65. The maximum absolute atomic E-state index is 12.7. The van der Waals surface area contributed by atoms with E-state index in [0.29, 0.717) is 12.0 Å². The average molecular weight is 286 g/mol. The Labute approximate surface area is 117 Å². The second-order valence-electron chi connectivity index (χ2n) is 6.50. The fraction of sp³-hybridized carbons (Fsp3) is 0.625. The van der Waals surface area contributed by atoms with Gasteiger partial charge in [0.05, 0.1) is 11.2 Å². The highest BCUT2D eigenvalue weighted by molar-refractivity contribution is 5.27. The lowest BCUT2D eigenvalue weighted by Gasteiger charge is -2.46. The molecular formula is C16H21F3O. The van der Waals surface area contributed by atoms with Crippen LogP contribution in [-0.2, 0) is 12.6 Å². The smallest absolute Gasteiger partial charge is 0.389 e. The van der Waals surface area contributed by atoms with Gasteiger partial charge in [-0.3, -0.25) is 0 Å². The molecular weight excluding hydrogens is 265 g/mol. The fourth-order valence-corrected chi connectivity index (χ4v) is 3.08. The zero-order valence-corrected chi connectivity index (χ0v) is 11.9. The highest BCUT2D eigenvalue weighted by Gasteiger charge is 2.45. The first kappa shape index (κ1) is 15.4. The van der Waals surface area contributed by atoms with Gasteiger partial charge in [0.1, 0.15) is 0 Å². The molecule has 1 aromatic rings. The summed E-state index contributed by atoms with van der Waals surface area (Å²) in [5.74, 6) is 0. The summed E-state index contributed by atoms with van der Waals surface area (Å²) in [7, 11) is 0. The van der Waals surface area contributed by atoms with Crippen LogP contribution in [0.4, 0.5) is 13.2 Å². The van der Waals surface area contributed by atoms with Gasteiger partial charge in [-0.2, -0.15) is 13.2 Å². The van der Waals surface area contributed by atoms with Gasteiger partial charge in [-0.15, -0.1) is 0 Å². The normalized spacial score (nSPS) is 26.5. The largest absolute Gasteiger partial charge is 0.416 e. The summed E-state index contributed by atoms with van der Waals surface area (Å²) < 4.78 is 38.2. The van der Waals surface area contributed by atoms with Crippen LogP contribution in [0.1, 0.15) is 50.7 Å². The first-order valence-electron chi connectivity index (χ1n) is 7.03. The van der Waals surface area contributed by atoms with E-state index in [1.807, 2.05) is 13.8 Å². The van der Waals surface area contributed by atoms with E-state index in [2.05, 4.69) is 0 Å². The van der Waals surface area contributed by atoms with E-state index in [0.717, 1.165) is 31.4 Å². The fourth-order valence-electron chi connectivity index (χ4n) is 3.08. The van der Waals surface area contributed by atoms with Crippen LogP contribution in [0.15, 0.2) is 24.3 Å². The number of aliphatic hydroxyl groups is 1. The number of halogens is 3. The van der Waals surface area contributed by atoms with E-state index in [4.69, 9.17) is 0 Å². The molecule has 0 bridgehead atoms. The van der Waals surface area contributed by atoms with E-state index < -0.39 is 17.3 Å². The Morgan fingerprint density at radius 3 is 2.40 bits per heavy atom. The molecule has 1 atom stereocenters. The lowest BCUT2D eigenvalue weighted by molar-refractivity contribution is -0.137. The van der Waals surface area contributed by atoms with E-state index in [1.165, 1.54) is 6.07 Å². The number of rotatable bonds is 2. The van der Waals surface area contributed by atoms with Gasteiger partial charge in [-0.05, 0) is 29.9 Å². The summed E-state index contributed by atoms with van der Waals surface area (Å²) in [4.78, 5) is 0. The maximum atomic E-state index is 12.7. The Balaban J connectivity index is 2.25. The molecule has 20 heavy (non-hydrogen) atoms. The van der Waals surface area contributed by atoms with Crippen molar-refractivity contribution in [2.75, 3.05) is 0 Å². The van der Waals surface area contributed by atoms with Crippen molar-refractivity contribution in [3.8, 4) is 0 Å². The van der Waals surface area contributed by atoms with Gasteiger partial charge in [0.2, 0.25) is 0 Å². The van der Waals surface area contributed by atoms with E-state index >= 15 is 0 Å². The third kappa shape index (κ3) is 3.00. The first-order valence-corrected chi connectivity index (χ1v) is 7.03. The van der Waals surface area contributed by atoms with Gasteiger partial charge >= 0.3 is 6.18 Å². The van der Waals surface area contributed by atoms with Crippen molar-refractivity contribution >= 4 is 0 Å². The minimum absolute atomic E-state index is 0.264. The van der Waals surface area contributed by atoms with E-state index in [9.17, 15) is 18.3 Å². The predicted molar refractivity (Wildman–Crippen MR) is 72.3 cm³/mol. The Morgan fingerprint density at radius 2 is 1.80 bits per heavy atom. The van der Waals surface area contributed by atoms with Crippen LogP contribution in [0, 0.1) is 5.41 Å². The first-order chi connectivity index (χ1) is 9.14. The van der Waals surface area contributed by atoms with Gasteiger partial charge in [0.25, 0.3) is 0 Å². The average Bonchev–Trinajstić information content (AvgIpc) is 2.32. The van der Waals surface area contributed by atoms with Crippen LogP contribution in [0.25, 0.3) is 0 Å². The van der Waals surface area contributed by atoms with Gasteiger partial charge in [0.15, 0.2) is 0 Å². The summed E-state index contributed by atoms with van der Waals surface area (Å²) >= 11 is 0. The molecule has 0 amide bonds. The molecule has 0 saturated heterocycles. The zero-order chi connectivity index (χ0) is 15.0. The quantitative estimate of drug-likeness (QED) is 0.843. The molecule has 1 aliphatic carbocycles. The molecule has 0 aliphatic heterocycles. The summed E-state index contributed by atoms with van der Waals surface area (Å²) in [6.45, 7) is 4.00. The van der Waals surface area contributed by atoms with Crippen LogP contribution in [0.5, 0.6) is 0 Å². The standard InChI is InChI=1S/C16H21F3O/c1-14(2)8-3-4-9-15(14,20)11-12-6-5-7-13(10-12)16(17,18)19/h5-7,10,20H,3-4,8-9,11H2,1-2H3. The molecule has 0 spiro atoms. The number of hydrogen-bond acceptors (Lipinski definition) is 1. The van der Waals surface area contributed by atoms with Crippen LogP contribution in [-0.4, -0.2) is 10.7 Å². The minimum Gasteiger partial charge on any atom is -0.389 e. The Bertz CT molecular complexity index is 479. The Kier molecular flexibility index (Phi) is 3.89. The number of hydrogen-bond donors (Lipinski definition) is 1. The van der Waals surface area contributed by atoms with Crippen molar-refractivity contribution in [1.29, 1.82) is 0 Å². The Hall–Kier alpha value is -1.03. The van der Waals surface area contributed by atoms with E-state index in [-0.39, 0.29) is 11.8 Å². The molecule has 1 unspecified atom stereocenters. The van der Waals surface area contributed by atoms with Gasteiger partial charge in [-0.1, -0.05) is 44.9 Å². The molecule has 1 aliphatic rings. The second kappa shape index (κ2) is 5.06. The third-order valence-corrected chi connectivity index (χ3v) is 4.65. The molecule has 2 rings (SSSR count). The van der Waals surface area contributed by atoms with Crippen molar-refractivity contribution in [3.63, 3.8) is 0 Å². The summed E-state index contributed by atoms with van der Waals surface area (Å²) in [6, 6.07) is 5.30. The molecule has 1 aromatic carbocycles. The van der Waals surface area contributed by atoms with Crippen molar-refractivity contribution < 1.29 is 18.3 Å². The van der Waals surface area contributed by atoms with Crippen LogP contribution in [0.2, 0.25) is 0 Å². The number of alkyl halides is 3. The maximum Gasteiger partial charge on any atom is 0.416 e. The molecule has 1 N–H and O–H groups in total. The predicted octanol–water partition coefficient (Wildman–Crippen LogP) is 4.58. The van der Waals surface area contributed by atoms with Gasteiger partial charge in [0, 0.05) is 6.42 Å². The monoisotopic (exact) mass is 286 g/mol. The van der Waals surface area contributed by atoms with Crippen molar-refractivity contribution in [2.24, 2.45) is 5.41 Å². The van der Waals surface area contributed by atoms with Crippen molar-refractivity contribution in [2.45, 2.75) is 57.7 Å². The van der Waals surface area contributed by atoms with E-state index in [1.54, 1.807) is 6.07 Å². The lowest BCUT2D eigenvalue weighted by Crippen LogP contribution is -2.48. The van der Waals surface area contributed by atoms with Crippen LogP contribution in [0.3, 0.4) is 0 Å². The summed E-state index contributed by atoms with van der Waals surface area (Å²) in [5.41, 5.74) is -1.28. The molecule has 0 aromatic heterocycles. The molecule has 4 heteroatoms. The highest BCUT2D eigenvalue weighted by atomic mass is 19.4. The topological polar surface area (TPSA) is 20.2 Å². The van der Waals surface area contributed by atoms with Crippen LogP contribution >= 0.6 is 0 Å². The number of benzene rings is 1. The van der Waals surface area contributed by atoms with Crippen LogP contribution < -0.4 is 0 Å². The molecule has 112 valence electrons. The summed E-state index contributed by atoms with van der Waals surface area (Å²) in [5, 5.41) is 10.9. The van der Waals surface area contributed by atoms with Gasteiger partial charge in [-0.25, -0.2) is 0 Å². The SMILES string of the molecule is CC1(C)CCCCC1(O)Cc1cccc(C(F)(F)F)c1. The molecule has 1 fully saturated rings. The molecule has 0 heterocycles. The van der Waals surface area contributed by atoms with Crippen molar-refractivity contribution in [3.05, 3.63) is 35.4 Å². The second-order valence-corrected chi connectivity index (χ2v) is 6.50. The molecule has 0 radical (unpaired) electrons. The van der Waals surface area contributed by atoms with Gasteiger partial charge < -0.3 is 5.11 Å². The molecule has 1 saturated carbocycles.